The number of nitrogens with zero attached hydrogens (tertiary/aromatic N) is 1. The fourth-order valence-corrected chi connectivity index (χ4v) is 2.35. The number of carbonyl (C=O) groups excluding carboxylic acids is 1. The number of hydrogen-bond acceptors (Lipinski definition) is 3. The highest BCUT2D eigenvalue weighted by Crippen LogP contribution is 2.34. The maximum absolute atomic E-state index is 14.3. The highest BCUT2D eigenvalue weighted by Gasteiger charge is 2.31. The highest BCUT2D eigenvalue weighted by atomic mass is 19.2. The van der Waals surface area contributed by atoms with Gasteiger partial charge in [-0.3, -0.25) is 4.79 Å². The molecule has 0 amide bonds. The van der Waals surface area contributed by atoms with Gasteiger partial charge in [-0.2, -0.15) is 14.0 Å². The van der Waals surface area contributed by atoms with Crippen LogP contribution in [0.25, 0.3) is 0 Å². The lowest BCUT2D eigenvalue weighted by Gasteiger charge is -2.12. The van der Waals surface area contributed by atoms with Crippen molar-refractivity contribution in [3.05, 3.63) is 94.6 Å². The Balaban J connectivity index is 2.05. The minimum atomic E-state index is -1.86. The van der Waals surface area contributed by atoms with E-state index in [2.05, 4.69) is 0 Å². The van der Waals surface area contributed by atoms with Gasteiger partial charge in [-0.05, 0) is 24.3 Å². The Morgan fingerprint density at radius 2 is 1.37 bits per heavy atom. The number of nitriles is 1. The molecule has 0 bridgehead atoms. The fraction of sp³-hybridized carbons (Fsp3) is 0. The molecule has 7 heteroatoms. The van der Waals surface area contributed by atoms with Gasteiger partial charge in [0.2, 0.25) is 17.4 Å². The molecule has 0 aliphatic carbocycles. The van der Waals surface area contributed by atoms with Crippen molar-refractivity contribution in [2.45, 2.75) is 0 Å². The maximum atomic E-state index is 14.3. The summed E-state index contributed by atoms with van der Waals surface area (Å²) in [5.74, 6) is -10.0. The van der Waals surface area contributed by atoms with Crippen molar-refractivity contribution in [2.75, 3.05) is 0 Å². The molecule has 0 aliphatic heterocycles. The Bertz CT molecular complexity index is 1030. The number of ether oxygens (including phenoxy) is 1. The Hall–Kier alpha value is -3.66. The smallest absolute Gasteiger partial charge is 0.205 e. The average Bonchev–Trinajstić information content (AvgIpc) is 2.71. The van der Waals surface area contributed by atoms with Crippen LogP contribution in [0.4, 0.5) is 17.6 Å². The van der Waals surface area contributed by atoms with Crippen molar-refractivity contribution in [2.24, 2.45) is 0 Å². The summed E-state index contributed by atoms with van der Waals surface area (Å²) in [4.78, 5) is 12.2. The van der Waals surface area contributed by atoms with Gasteiger partial charge in [-0.1, -0.05) is 30.3 Å². The van der Waals surface area contributed by atoms with E-state index < -0.39 is 40.4 Å². The number of carbonyl (C=O) groups is 1. The predicted octanol–water partition coefficient (Wildman–Crippen LogP) is 5.14. The molecule has 134 valence electrons. The molecule has 27 heavy (non-hydrogen) atoms. The van der Waals surface area contributed by atoms with Crippen LogP contribution in [0, 0.1) is 34.6 Å². The quantitative estimate of drug-likeness (QED) is 0.363. The first-order valence-corrected chi connectivity index (χ1v) is 7.57. The van der Waals surface area contributed by atoms with Crippen LogP contribution in [0.1, 0.15) is 21.5 Å². The molecule has 3 aromatic rings. The predicted molar refractivity (Wildman–Crippen MR) is 87.4 cm³/mol. The third-order valence-corrected chi connectivity index (χ3v) is 3.69. The van der Waals surface area contributed by atoms with Gasteiger partial charge in [0.05, 0.1) is 11.6 Å². The summed E-state index contributed by atoms with van der Waals surface area (Å²) in [6.45, 7) is 0. The van der Waals surface area contributed by atoms with E-state index in [-0.39, 0.29) is 16.9 Å². The molecule has 0 aromatic heterocycles. The molecule has 0 fully saturated rings. The second-order valence-electron chi connectivity index (χ2n) is 5.39. The molecule has 0 spiro atoms. The van der Waals surface area contributed by atoms with E-state index in [4.69, 9.17) is 10.00 Å². The summed E-state index contributed by atoms with van der Waals surface area (Å²) in [6.07, 6.45) is 0. The first kappa shape index (κ1) is 18.1. The van der Waals surface area contributed by atoms with Gasteiger partial charge in [0.15, 0.2) is 17.4 Å². The number of ketones is 1. The monoisotopic (exact) mass is 371 g/mol. The fourth-order valence-electron chi connectivity index (χ4n) is 2.35. The van der Waals surface area contributed by atoms with Crippen LogP contribution in [0.15, 0.2) is 54.6 Å². The van der Waals surface area contributed by atoms with Crippen molar-refractivity contribution in [3.63, 3.8) is 0 Å². The van der Waals surface area contributed by atoms with Crippen LogP contribution >= 0.6 is 0 Å². The van der Waals surface area contributed by atoms with E-state index in [1.54, 1.807) is 6.07 Å². The SMILES string of the molecule is N#Cc1ccc(Oc2c(F)c(F)c(C(=O)c3ccccc3)c(F)c2F)cc1. The summed E-state index contributed by atoms with van der Waals surface area (Å²) in [5.41, 5.74) is -1.22. The van der Waals surface area contributed by atoms with Gasteiger partial charge in [-0.25, -0.2) is 8.78 Å². The van der Waals surface area contributed by atoms with Crippen LogP contribution in [-0.2, 0) is 0 Å². The topological polar surface area (TPSA) is 50.1 Å². The number of halogens is 4. The molecule has 0 radical (unpaired) electrons. The second-order valence-corrected chi connectivity index (χ2v) is 5.39. The number of rotatable bonds is 4. The standard InChI is InChI=1S/C20H9F4NO2/c21-15-14(19(26)12-4-2-1-3-5-12)16(22)18(24)20(17(15)23)27-13-8-6-11(10-25)7-9-13/h1-9H. The summed E-state index contributed by atoms with van der Waals surface area (Å²) in [7, 11) is 0. The van der Waals surface area contributed by atoms with Crippen LogP contribution in [0.2, 0.25) is 0 Å². The van der Waals surface area contributed by atoms with Crippen molar-refractivity contribution in [1.82, 2.24) is 0 Å². The summed E-state index contributed by atoms with van der Waals surface area (Å²) in [6, 6.07) is 13.8. The highest BCUT2D eigenvalue weighted by molar-refractivity contribution is 6.09. The Morgan fingerprint density at radius 3 is 1.89 bits per heavy atom. The Labute approximate surface area is 151 Å². The molecule has 0 heterocycles. The van der Waals surface area contributed by atoms with Crippen molar-refractivity contribution in [3.8, 4) is 17.6 Å². The number of benzene rings is 3. The molecule has 3 rings (SSSR count). The van der Waals surface area contributed by atoms with E-state index in [0.717, 1.165) is 0 Å². The third-order valence-electron chi connectivity index (χ3n) is 3.69. The largest absolute Gasteiger partial charge is 0.451 e. The van der Waals surface area contributed by atoms with E-state index in [9.17, 15) is 22.4 Å². The van der Waals surface area contributed by atoms with E-state index in [1.807, 2.05) is 6.07 Å². The lowest BCUT2D eigenvalue weighted by Crippen LogP contribution is -2.12. The molecular weight excluding hydrogens is 362 g/mol. The van der Waals surface area contributed by atoms with Crippen LogP contribution in [0.5, 0.6) is 11.5 Å². The maximum Gasteiger partial charge on any atom is 0.205 e. The zero-order chi connectivity index (χ0) is 19.6. The molecule has 0 aliphatic rings. The Morgan fingerprint density at radius 1 is 0.815 bits per heavy atom. The van der Waals surface area contributed by atoms with Gasteiger partial charge < -0.3 is 4.74 Å². The molecule has 0 atom stereocenters. The van der Waals surface area contributed by atoms with E-state index in [1.165, 1.54) is 48.5 Å². The minimum absolute atomic E-state index is 0.130. The zero-order valence-electron chi connectivity index (χ0n) is 13.5. The lowest BCUT2D eigenvalue weighted by atomic mass is 10.0. The molecule has 3 aromatic carbocycles. The number of hydrogen-bond donors (Lipinski definition) is 0. The van der Waals surface area contributed by atoms with Crippen LogP contribution < -0.4 is 4.74 Å². The van der Waals surface area contributed by atoms with Gasteiger partial charge in [-0.15, -0.1) is 0 Å². The van der Waals surface area contributed by atoms with Gasteiger partial charge in [0, 0.05) is 5.56 Å². The zero-order valence-corrected chi connectivity index (χ0v) is 13.5. The van der Waals surface area contributed by atoms with E-state index >= 15 is 0 Å². The summed E-state index contributed by atoms with van der Waals surface area (Å²) >= 11 is 0. The lowest BCUT2D eigenvalue weighted by molar-refractivity contribution is 0.102. The van der Waals surface area contributed by atoms with Crippen molar-refractivity contribution < 1.29 is 27.1 Å². The van der Waals surface area contributed by atoms with Crippen molar-refractivity contribution >= 4 is 5.78 Å². The molecule has 3 nitrogen and oxygen atoms in total. The first-order chi connectivity index (χ1) is 12.9. The molecule has 0 saturated heterocycles. The normalized spacial score (nSPS) is 10.3. The van der Waals surface area contributed by atoms with Crippen LogP contribution in [-0.4, -0.2) is 5.78 Å². The third kappa shape index (κ3) is 3.37. The van der Waals surface area contributed by atoms with Crippen molar-refractivity contribution in [1.29, 1.82) is 5.26 Å². The van der Waals surface area contributed by atoms with Gasteiger partial charge in [0.1, 0.15) is 11.3 Å². The summed E-state index contributed by atoms with van der Waals surface area (Å²) < 4.78 is 62.2. The molecule has 0 N–H and O–H groups in total. The second kappa shape index (κ2) is 7.30. The Kier molecular flexibility index (Phi) is 4.90. The van der Waals surface area contributed by atoms with Gasteiger partial charge in [0.25, 0.3) is 0 Å². The average molecular weight is 371 g/mol. The van der Waals surface area contributed by atoms with Gasteiger partial charge >= 0.3 is 0 Å². The first-order valence-electron chi connectivity index (χ1n) is 7.57. The molecule has 0 saturated carbocycles. The minimum Gasteiger partial charge on any atom is -0.451 e. The molecule has 0 unspecified atom stereocenters. The van der Waals surface area contributed by atoms with Crippen LogP contribution in [0.3, 0.4) is 0 Å². The summed E-state index contributed by atoms with van der Waals surface area (Å²) in [5, 5.41) is 8.71. The van der Waals surface area contributed by atoms with E-state index in [0.29, 0.717) is 0 Å². The molecular formula is C20H9F4NO2.